The maximum Gasteiger partial charge on any atom is 0.104 e. The molecule has 1 unspecified atom stereocenters. The fourth-order valence-electron chi connectivity index (χ4n) is 1.18. The molecule has 0 aromatic carbocycles. The zero-order valence-corrected chi connectivity index (χ0v) is 6.41. The summed E-state index contributed by atoms with van der Waals surface area (Å²) < 4.78 is 10.2. The third-order valence-corrected chi connectivity index (χ3v) is 1.85. The first-order chi connectivity index (χ1) is 4.74. The van der Waals surface area contributed by atoms with Gasteiger partial charge in [0.05, 0.1) is 18.8 Å². The maximum absolute atomic E-state index is 9.24. The number of ether oxygens (including phenoxy) is 2. The number of hydrogen-bond donors (Lipinski definition) is 1. The fraction of sp³-hybridized carbons (Fsp3) is 1.00. The highest BCUT2D eigenvalue weighted by molar-refractivity contribution is 4.76. The van der Waals surface area contributed by atoms with Crippen LogP contribution in [0.25, 0.3) is 0 Å². The predicted molar refractivity (Wildman–Crippen MR) is 36.8 cm³/mol. The highest BCUT2D eigenvalue weighted by Gasteiger charge is 2.27. The van der Waals surface area contributed by atoms with E-state index in [9.17, 15) is 5.11 Å². The van der Waals surface area contributed by atoms with E-state index in [1.54, 1.807) is 7.11 Å². The van der Waals surface area contributed by atoms with Gasteiger partial charge in [-0.1, -0.05) is 0 Å². The Labute approximate surface area is 60.9 Å². The first-order valence-electron chi connectivity index (χ1n) is 3.56. The molecule has 3 nitrogen and oxygen atoms in total. The summed E-state index contributed by atoms with van der Waals surface area (Å²) in [6.07, 6.45) is 0.524. The van der Waals surface area contributed by atoms with Crippen molar-refractivity contribution in [3.63, 3.8) is 0 Å². The molecule has 1 aliphatic heterocycles. The summed E-state index contributed by atoms with van der Waals surface area (Å²) in [4.78, 5) is 0. The lowest BCUT2D eigenvalue weighted by molar-refractivity contribution is -0.127. The van der Waals surface area contributed by atoms with E-state index < -0.39 is 6.10 Å². The predicted octanol–water partition coefficient (Wildman–Crippen LogP) is 0.171. The molecule has 0 aromatic rings. The second-order valence-electron chi connectivity index (χ2n) is 2.72. The molecule has 0 aromatic heterocycles. The molecule has 1 fully saturated rings. The molecule has 0 radical (unpaired) electrons. The van der Waals surface area contributed by atoms with Crippen LogP contribution in [0.2, 0.25) is 0 Å². The zero-order chi connectivity index (χ0) is 7.56. The number of rotatable bonds is 1. The lowest BCUT2D eigenvalue weighted by Crippen LogP contribution is -2.41. The second-order valence-corrected chi connectivity index (χ2v) is 2.72. The fourth-order valence-corrected chi connectivity index (χ4v) is 1.18. The SMILES string of the molecule is CO[C@@H]1C[C@H](C)OCC1O. The van der Waals surface area contributed by atoms with Gasteiger partial charge in [0, 0.05) is 13.5 Å². The largest absolute Gasteiger partial charge is 0.388 e. The van der Waals surface area contributed by atoms with Crippen LogP contribution in [0.4, 0.5) is 0 Å². The van der Waals surface area contributed by atoms with Crippen LogP contribution < -0.4 is 0 Å². The smallest absolute Gasteiger partial charge is 0.104 e. The topological polar surface area (TPSA) is 38.7 Å². The molecular formula is C7H14O3. The first kappa shape index (κ1) is 7.98. The van der Waals surface area contributed by atoms with E-state index in [0.29, 0.717) is 6.61 Å². The van der Waals surface area contributed by atoms with Gasteiger partial charge in [0.1, 0.15) is 6.10 Å². The van der Waals surface area contributed by atoms with E-state index in [2.05, 4.69) is 0 Å². The van der Waals surface area contributed by atoms with Crippen LogP contribution in [-0.2, 0) is 9.47 Å². The summed E-state index contributed by atoms with van der Waals surface area (Å²) in [7, 11) is 1.62. The molecule has 60 valence electrons. The molecule has 0 spiro atoms. The first-order valence-corrected chi connectivity index (χ1v) is 3.56. The van der Waals surface area contributed by atoms with E-state index in [0.717, 1.165) is 6.42 Å². The molecule has 1 N–H and O–H groups in total. The van der Waals surface area contributed by atoms with Gasteiger partial charge < -0.3 is 14.6 Å². The number of aliphatic hydroxyl groups is 1. The Bertz CT molecular complexity index is 105. The normalized spacial score (nSPS) is 41.7. The average molecular weight is 146 g/mol. The van der Waals surface area contributed by atoms with Gasteiger partial charge in [-0.25, -0.2) is 0 Å². The molecule has 1 heterocycles. The van der Waals surface area contributed by atoms with Gasteiger partial charge >= 0.3 is 0 Å². The Hall–Kier alpha value is -0.120. The maximum atomic E-state index is 9.24. The highest BCUT2D eigenvalue weighted by Crippen LogP contribution is 2.15. The minimum atomic E-state index is -0.443. The summed E-state index contributed by atoms with van der Waals surface area (Å²) in [6.45, 7) is 2.39. The van der Waals surface area contributed by atoms with Crippen molar-refractivity contribution in [1.82, 2.24) is 0 Å². The van der Waals surface area contributed by atoms with Crippen molar-refractivity contribution in [3.05, 3.63) is 0 Å². The van der Waals surface area contributed by atoms with Crippen LogP contribution in [0, 0.1) is 0 Å². The van der Waals surface area contributed by atoms with Crippen molar-refractivity contribution in [2.45, 2.75) is 31.7 Å². The van der Waals surface area contributed by atoms with Crippen molar-refractivity contribution in [2.75, 3.05) is 13.7 Å². The molecule has 3 heteroatoms. The minimum absolute atomic E-state index is 0.0382. The van der Waals surface area contributed by atoms with E-state index >= 15 is 0 Å². The summed E-state index contributed by atoms with van der Waals surface area (Å²) in [6, 6.07) is 0. The van der Waals surface area contributed by atoms with E-state index in [1.165, 1.54) is 0 Å². The Morgan fingerprint density at radius 2 is 2.30 bits per heavy atom. The Balaban J connectivity index is 2.38. The average Bonchev–Trinajstić information content (AvgIpc) is 1.94. The van der Waals surface area contributed by atoms with Crippen molar-refractivity contribution in [1.29, 1.82) is 0 Å². The van der Waals surface area contributed by atoms with E-state index in [-0.39, 0.29) is 12.2 Å². The number of aliphatic hydroxyl groups excluding tert-OH is 1. The summed E-state index contributed by atoms with van der Waals surface area (Å²) in [5, 5.41) is 9.24. The Kier molecular flexibility index (Phi) is 2.65. The van der Waals surface area contributed by atoms with Gasteiger partial charge in [0.2, 0.25) is 0 Å². The zero-order valence-electron chi connectivity index (χ0n) is 6.41. The van der Waals surface area contributed by atoms with Crippen LogP contribution in [-0.4, -0.2) is 37.1 Å². The van der Waals surface area contributed by atoms with Crippen LogP contribution >= 0.6 is 0 Å². The van der Waals surface area contributed by atoms with E-state index in [1.807, 2.05) is 6.92 Å². The lowest BCUT2D eigenvalue weighted by Gasteiger charge is -2.30. The van der Waals surface area contributed by atoms with Gasteiger partial charge in [-0.15, -0.1) is 0 Å². The molecule has 0 amide bonds. The van der Waals surface area contributed by atoms with Gasteiger partial charge in [-0.3, -0.25) is 0 Å². The highest BCUT2D eigenvalue weighted by atomic mass is 16.5. The molecule has 3 atom stereocenters. The third kappa shape index (κ3) is 1.68. The van der Waals surface area contributed by atoms with Gasteiger partial charge in [0.15, 0.2) is 0 Å². The van der Waals surface area contributed by atoms with Gasteiger partial charge in [-0.2, -0.15) is 0 Å². The van der Waals surface area contributed by atoms with Crippen LogP contribution in [0.1, 0.15) is 13.3 Å². The quantitative estimate of drug-likeness (QED) is 0.573. The summed E-state index contributed by atoms with van der Waals surface area (Å²) in [5.74, 6) is 0. The van der Waals surface area contributed by atoms with Gasteiger partial charge in [0.25, 0.3) is 0 Å². The van der Waals surface area contributed by atoms with Crippen LogP contribution in [0.3, 0.4) is 0 Å². The summed E-state index contributed by atoms with van der Waals surface area (Å²) in [5.41, 5.74) is 0. The summed E-state index contributed by atoms with van der Waals surface area (Å²) >= 11 is 0. The number of hydrogen-bond acceptors (Lipinski definition) is 3. The molecule has 1 saturated heterocycles. The van der Waals surface area contributed by atoms with Crippen molar-refractivity contribution < 1.29 is 14.6 Å². The molecule has 1 aliphatic rings. The standard InChI is InChI=1S/C7H14O3/c1-5-3-7(9-2)6(8)4-10-5/h5-8H,3-4H2,1-2H3/t5-,6?,7+/m0/s1. The second kappa shape index (κ2) is 3.32. The molecule has 0 saturated carbocycles. The molecular weight excluding hydrogens is 132 g/mol. The number of methoxy groups -OCH3 is 1. The molecule has 0 aliphatic carbocycles. The Morgan fingerprint density at radius 3 is 2.80 bits per heavy atom. The van der Waals surface area contributed by atoms with Crippen LogP contribution in [0.15, 0.2) is 0 Å². The monoisotopic (exact) mass is 146 g/mol. The molecule has 10 heavy (non-hydrogen) atoms. The lowest BCUT2D eigenvalue weighted by atomic mass is 10.1. The third-order valence-electron chi connectivity index (χ3n) is 1.85. The van der Waals surface area contributed by atoms with Gasteiger partial charge in [-0.05, 0) is 6.92 Å². The van der Waals surface area contributed by atoms with Crippen LogP contribution in [0.5, 0.6) is 0 Å². The van der Waals surface area contributed by atoms with Crippen molar-refractivity contribution in [2.24, 2.45) is 0 Å². The minimum Gasteiger partial charge on any atom is -0.388 e. The van der Waals surface area contributed by atoms with Crippen molar-refractivity contribution in [3.8, 4) is 0 Å². The Morgan fingerprint density at radius 1 is 1.60 bits per heavy atom. The molecule has 0 bridgehead atoms. The van der Waals surface area contributed by atoms with Crippen molar-refractivity contribution >= 4 is 0 Å². The molecule has 1 rings (SSSR count). The van der Waals surface area contributed by atoms with E-state index in [4.69, 9.17) is 9.47 Å².